The minimum absolute atomic E-state index is 0.766. The Kier molecular flexibility index (Phi) is 8.56. The number of unbranched alkanes of at least 4 members (excludes halogenated alkanes) is 3. The van der Waals surface area contributed by atoms with Gasteiger partial charge in [0.05, 0.1) is 13.7 Å². The zero-order valence-corrected chi connectivity index (χ0v) is 12.8. The molecule has 0 saturated carbocycles. The highest BCUT2D eigenvalue weighted by Gasteiger charge is 2.05. The van der Waals surface area contributed by atoms with Crippen LogP contribution in [0.1, 0.15) is 38.2 Å². The Morgan fingerprint density at radius 2 is 2.10 bits per heavy atom. The van der Waals surface area contributed by atoms with E-state index < -0.39 is 0 Å². The lowest BCUT2D eigenvalue weighted by Crippen LogP contribution is -2.13. The Hall–Kier alpha value is -1.48. The molecule has 3 nitrogen and oxygen atoms in total. The van der Waals surface area contributed by atoms with Crippen LogP contribution in [0.3, 0.4) is 0 Å². The van der Waals surface area contributed by atoms with Crippen LogP contribution in [0.2, 0.25) is 0 Å². The fourth-order valence-electron chi connectivity index (χ4n) is 1.97. The molecule has 0 unspecified atom stereocenters. The predicted octanol–water partition coefficient (Wildman–Crippen LogP) is 3.93. The molecule has 1 aromatic rings. The summed E-state index contributed by atoms with van der Waals surface area (Å²) in [4.78, 5) is 0. The minimum Gasteiger partial charge on any atom is -0.497 e. The second kappa shape index (κ2) is 10.3. The highest BCUT2D eigenvalue weighted by atomic mass is 16.5. The quantitative estimate of drug-likeness (QED) is 0.491. The van der Waals surface area contributed by atoms with Crippen molar-refractivity contribution in [3.63, 3.8) is 0 Å². The maximum atomic E-state index is 5.89. The highest BCUT2D eigenvalue weighted by molar-refractivity contribution is 5.40. The van der Waals surface area contributed by atoms with Crippen molar-refractivity contribution in [3.8, 4) is 11.5 Å². The molecule has 0 heterocycles. The van der Waals surface area contributed by atoms with Gasteiger partial charge < -0.3 is 14.8 Å². The van der Waals surface area contributed by atoms with Gasteiger partial charge in [0.15, 0.2) is 0 Å². The predicted molar refractivity (Wildman–Crippen MR) is 84.5 cm³/mol. The summed E-state index contributed by atoms with van der Waals surface area (Å²) in [5.41, 5.74) is 1.15. The average molecular weight is 277 g/mol. The van der Waals surface area contributed by atoms with Gasteiger partial charge in [-0.3, -0.25) is 0 Å². The largest absolute Gasteiger partial charge is 0.497 e. The van der Waals surface area contributed by atoms with Gasteiger partial charge in [0.1, 0.15) is 11.5 Å². The normalized spacial score (nSPS) is 10.3. The first-order valence-corrected chi connectivity index (χ1v) is 7.43. The summed E-state index contributed by atoms with van der Waals surface area (Å²) in [6, 6.07) is 5.98. The fourth-order valence-corrected chi connectivity index (χ4v) is 1.97. The highest BCUT2D eigenvalue weighted by Crippen LogP contribution is 2.24. The van der Waals surface area contributed by atoms with Gasteiger partial charge >= 0.3 is 0 Å². The lowest BCUT2D eigenvalue weighted by atomic mass is 10.1. The van der Waals surface area contributed by atoms with E-state index in [1.165, 1.54) is 12.8 Å². The van der Waals surface area contributed by atoms with Crippen LogP contribution in [-0.2, 0) is 6.54 Å². The van der Waals surface area contributed by atoms with E-state index in [2.05, 4.69) is 18.8 Å². The molecule has 0 amide bonds. The summed E-state index contributed by atoms with van der Waals surface area (Å²) in [5, 5.41) is 3.33. The van der Waals surface area contributed by atoms with Gasteiger partial charge in [0, 0.05) is 12.1 Å². The minimum atomic E-state index is 0.766. The summed E-state index contributed by atoms with van der Waals surface area (Å²) in [6.07, 6.45) is 6.53. The van der Waals surface area contributed by atoms with Crippen LogP contribution in [0.15, 0.2) is 30.9 Å². The molecular weight excluding hydrogens is 250 g/mol. The second-order valence-electron chi connectivity index (χ2n) is 4.74. The SMILES string of the molecule is C=CCCCCCOc1ccc(OC)cc1CNCC. The second-order valence-corrected chi connectivity index (χ2v) is 4.74. The molecule has 0 radical (unpaired) electrons. The number of hydrogen-bond acceptors (Lipinski definition) is 3. The van der Waals surface area contributed by atoms with Crippen molar-refractivity contribution < 1.29 is 9.47 Å². The first kappa shape index (κ1) is 16.6. The summed E-state index contributed by atoms with van der Waals surface area (Å²) in [5.74, 6) is 1.83. The van der Waals surface area contributed by atoms with E-state index in [0.717, 1.165) is 49.6 Å². The van der Waals surface area contributed by atoms with E-state index in [1.807, 2.05) is 24.3 Å². The molecule has 3 heteroatoms. The van der Waals surface area contributed by atoms with Crippen LogP contribution in [0, 0.1) is 0 Å². The van der Waals surface area contributed by atoms with Gasteiger partial charge in [0.2, 0.25) is 0 Å². The van der Waals surface area contributed by atoms with Gasteiger partial charge in [-0.25, -0.2) is 0 Å². The summed E-state index contributed by atoms with van der Waals surface area (Å²) >= 11 is 0. The van der Waals surface area contributed by atoms with Crippen LogP contribution in [0.5, 0.6) is 11.5 Å². The molecule has 20 heavy (non-hydrogen) atoms. The van der Waals surface area contributed by atoms with E-state index in [1.54, 1.807) is 7.11 Å². The Morgan fingerprint density at radius 1 is 1.25 bits per heavy atom. The van der Waals surface area contributed by atoms with Gasteiger partial charge in [-0.1, -0.05) is 13.0 Å². The fraction of sp³-hybridized carbons (Fsp3) is 0.529. The molecule has 0 aliphatic rings. The van der Waals surface area contributed by atoms with Crippen LogP contribution >= 0.6 is 0 Å². The maximum absolute atomic E-state index is 5.89. The van der Waals surface area contributed by atoms with Crippen molar-refractivity contribution in [2.45, 2.75) is 39.2 Å². The molecular formula is C17H27NO2. The van der Waals surface area contributed by atoms with Crippen LogP contribution in [-0.4, -0.2) is 20.3 Å². The van der Waals surface area contributed by atoms with Gasteiger partial charge in [-0.15, -0.1) is 6.58 Å². The average Bonchev–Trinajstić information content (AvgIpc) is 2.49. The van der Waals surface area contributed by atoms with Crippen molar-refractivity contribution in [3.05, 3.63) is 36.4 Å². The molecule has 112 valence electrons. The molecule has 0 saturated heterocycles. The lowest BCUT2D eigenvalue weighted by molar-refractivity contribution is 0.301. The molecule has 0 spiro atoms. The molecule has 0 aliphatic heterocycles. The third-order valence-electron chi connectivity index (χ3n) is 3.14. The van der Waals surface area contributed by atoms with Crippen molar-refractivity contribution in [2.24, 2.45) is 0 Å². The molecule has 1 aromatic carbocycles. The Bertz CT molecular complexity index is 391. The van der Waals surface area contributed by atoms with E-state index in [0.29, 0.717) is 0 Å². The molecule has 0 aromatic heterocycles. The van der Waals surface area contributed by atoms with E-state index >= 15 is 0 Å². The molecule has 1 N–H and O–H groups in total. The molecule has 1 rings (SSSR count). The van der Waals surface area contributed by atoms with Crippen LogP contribution in [0.4, 0.5) is 0 Å². The van der Waals surface area contributed by atoms with Crippen LogP contribution < -0.4 is 14.8 Å². The Labute approximate surface area is 123 Å². The smallest absolute Gasteiger partial charge is 0.124 e. The topological polar surface area (TPSA) is 30.5 Å². The summed E-state index contributed by atoms with van der Waals surface area (Å²) in [7, 11) is 1.69. The monoisotopic (exact) mass is 277 g/mol. The summed E-state index contributed by atoms with van der Waals surface area (Å²) < 4.78 is 11.2. The number of hydrogen-bond donors (Lipinski definition) is 1. The maximum Gasteiger partial charge on any atom is 0.124 e. The molecule has 0 aliphatic carbocycles. The zero-order valence-electron chi connectivity index (χ0n) is 12.8. The number of ether oxygens (including phenoxy) is 2. The standard InChI is InChI=1S/C17H27NO2/c1-4-6-7-8-9-12-20-17-11-10-16(19-3)13-15(17)14-18-5-2/h4,10-11,13,18H,1,5-9,12,14H2,2-3H3. The number of nitrogens with one attached hydrogen (secondary N) is 1. The van der Waals surface area contributed by atoms with E-state index in [4.69, 9.17) is 9.47 Å². The third kappa shape index (κ3) is 6.11. The van der Waals surface area contributed by atoms with Crippen molar-refractivity contribution in [2.75, 3.05) is 20.3 Å². The van der Waals surface area contributed by atoms with Crippen LogP contribution in [0.25, 0.3) is 0 Å². The first-order chi connectivity index (χ1) is 9.81. The molecule has 0 bridgehead atoms. The number of allylic oxidation sites excluding steroid dienone is 1. The first-order valence-electron chi connectivity index (χ1n) is 7.43. The lowest BCUT2D eigenvalue weighted by Gasteiger charge is -2.13. The number of rotatable bonds is 11. The van der Waals surface area contributed by atoms with E-state index in [-0.39, 0.29) is 0 Å². The Balaban J connectivity index is 2.47. The summed E-state index contributed by atoms with van der Waals surface area (Å²) in [6.45, 7) is 8.34. The number of methoxy groups -OCH3 is 1. The van der Waals surface area contributed by atoms with Gasteiger partial charge in [0.25, 0.3) is 0 Å². The molecule has 0 fully saturated rings. The third-order valence-corrected chi connectivity index (χ3v) is 3.14. The van der Waals surface area contributed by atoms with Crippen molar-refractivity contribution in [1.82, 2.24) is 5.32 Å². The van der Waals surface area contributed by atoms with Crippen molar-refractivity contribution >= 4 is 0 Å². The van der Waals surface area contributed by atoms with E-state index in [9.17, 15) is 0 Å². The molecule has 0 atom stereocenters. The van der Waals surface area contributed by atoms with Gasteiger partial charge in [-0.05, 0) is 50.4 Å². The Morgan fingerprint density at radius 3 is 2.80 bits per heavy atom. The van der Waals surface area contributed by atoms with Gasteiger partial charge in [-0.2, -0.15) is 0 Å². The van der Waals surface area contributed by atoms with Crippen molar-refractivity contribution in [1.29, 1.82) is 0 Å². The number of benzene rings is 1. The zero-order chi connectivity index (χ0) is 14.6.